The number of nitrogens with zero attached hydrogens (tertiary/aromatic N) is 3. The van der Waals surface area contributed by atoms with Crippen LogP contribution in [0.5, 0.6) is 0 Å². The molecule has 0 bridgehead atoms. The molecule has 0 saturated heterocycles. The Morgan fingerprint density at radius 1 is 1.38 bits per heavy atom. The van der Waals surface area contributed by atoms with Gasteiger partial charge in [0.2, 0.25) is 11.8 Å². The van der Waals surface area contributed by atoms with Crippen LogP contribution < -0.4 is 10.6 Å². The van der Waals surface area contributed by atoms with Gasteiger partial charge in [-0.05, 0) is 18.6 Å². The highest BCUT2D eigenvalue weighted by atomic mass is 35.5. The lowest BCUT2D eigenvalue weighted by molar-refractivity contribution is -0.121. The van der Waals surface area contributed by atoms with Gasteiger partial charge in [0.15, 0.2) is 5.15 Å². The van der Waals surface area contributed by atoms with Crippen molar-refractivity contribution in [1.29, 1.82) is 0 Å². The fourth-order valence-corrected chi connectivity index (χ4v) is 2.72. The molecule has 2 heterocycles. The van der Waals surface area contributed by atoms with Crippen LogP contribution in [0, 0.1) is 5.92 Å². The molecule has 2 aromatic rings. The molecule has 0 spiro atoms. The maximum Gasteiger partial charge on any atom is 0.231 e. The molecular formula is C16H16ClN5O2. The van der Waals surface area contributed by atoms with Crippen LogP contribution in [0.15, 0.2) is 42.9 Å². The molecule has 2 amide bonds. The summed E-state index contributed by atoms with van der Waals surface area (Å²) in [5.41, 5.74) is 1.17. The van der Waals surface area contributed by atoms with Gasteiger partial charge in [-0.1, -0.05) is 23.8 Å². The molecule has 1 aliphatic carbocycles. The van der Waals surface area contributed by atoms with Crippen molar-refractivity contribution in [2.24, 2.45) is 5.92 Å². The van der Waals surface area contributed by atoms with Gasteiger partial charge in [0.1, 0.15) is 0 Å². The summed E-state index contributed by atoms with van der Waals surface area (Å²) in [6.07, 6.45) is 9.09. The van der Waals surface area contributed by atoms with Gasteiger partial charge in [-0.2, -0.15) is 5.10 Å². The zero-order valence-corrected chi connectivity index (χ0v) is 13.7. The minimum atomic E-state index is -0.320. The Balaban J connectivity index is 1.67. The van der Waals surface area contributed by atoms with Gasteiger partial charge >= 0.3 is 0 Å². The van der Waals surface area contributed by atoms with Crippen molar-refractivity contribution in [3.8, 4) is 5.69 Å². The smallest absolute Gasteiger partial charge is 0.231 e. The molecule has 124 valence electrons. The number of carbonyl (C=O) groups excluding carboxylic acids is 2. The summed E-state index contributed by atoms with van der Waals surface area (Å²) in [5, 5.41) is 9.92. The first-order valence-electron chi connectivity index (χ1n) is 7.45. The molecule has 0 saturated carbocycles. The molecule has 7 nitrogen and oxygen atoms in total. The van der Waals surface area contributed by atoms with Crippen LogP contribution >= 0.6 is 11.6 Å². The molecule has 0 fully saturated rings. The fourth-order valence-electron chi connectivity index (χ4n) is 2.55. The first-order chi connectivity index (χ1) is 11.5. The molecule has 1 aliphatic rings. The van der Waals surface area contributed by atoms with E-state index in [0.29, 0.717) is 12.1 Å². The van der Waals surface area contributed by atoms with Crippen molar-refractivity contribution >= 4 is 29.1 Å². The van der Waals surface area contributed by atoms with Crippen molar-refractivity contribution < 1.29 is 9.59 Å². The van der Waals surface area contributed by atoms with E-state index in [4.69, 9.17) is 11.6 Å². The summed E-state index contributed by atoms with van der Waals surface area (Å²) >= 11 is 6.10. The fraction of sp³-hybridized carbons (Fsp3) is 0.250. The van der Waals surface area contributed by atoms with Crippen LogP contribution in [0.4, 0.5) is 5.69 Å². The Morgan fingerprint density at radius 3 is 2.92 bits per heavy atom. The molecule has 2 unspecified atom stereocenters. The van der Waals surface area contributed by atoms with E-state index in [1.807, 2.05) is 12.1 Å². The SMILES string of the molecule is CC(=O)NC1C=CC(C(=O)Nc2cn(-c3cccnc3)nc2Cl)C1. The van der Waals surface area contributed by atoms with Crippen molar-refractivity contribution in [3.05, 3.63) is 48.0 Å². The molecule has 8 heteroatoms. The maximum atomic E-state index is 12.4. The Hall–Kier alpha value is -2.67. The van der Waals surface area contributed by atoms with Crippen molar-refractivity contribution in [1.82, 2.24) is 20.1 Å². The van der Waals surface area contributed by atoms with E-state index in [2.05, 4.69) is 20.7 Å². The normalized spacial score (nSPS) is 19.2. The lowest BCUT2D eigenvalue weighted by Crippen LogP contribution is -2.32. The molecule has 3 rings (SSSR count). The van der Waals surface area contributed by atoms with E-state index in [0.717, 1.165) is 5.69 Å². The lowest BCUT2D eigenvalue weighted by atomic mass is 10.1. The highest BCUT2D eigenvalue weighted by Gasteiger charge is 2.26. The Kier molecular flexibility index (Phi) is 4.61. The van der Waals surface area contributed by atoms with Crippen molar-refractivity contribution in [2.75, 3.05) is 5.32 Å². The predicted octanol–water partition coefficient (Wildman–Crippen LogP) is 1.94. The topological polar surface area (TPSA) is 88.9 Å². The summed E-state index contributed by atoms with van der Waals surface area (Å²) < 4.78 is 1.55. The molecule has 2 aromatic heterocycles. The molecule has 24 heavy (non-hydrogen) atoms. The first-order valence-corrected chi connectivity index (χ1v) is 7.82. The Bertz CT molecular complexity index is 787. The summed E-state index contributed by atoms with van der Waals surface area (Å²) in [6, 6.07) is 3.50. The second-order valence-electron chi connectivity index (χ2n) is 5.51. The maximum absolute atomic E-state index is 12.4. The van der Waals surface area contributed by atoms with Gasteiger partial charge in [0, 0.05) is 19.2 Å². The number of hydrogen-bond donors (Lipinski definition) is 2. The van der Waals surface area contributed by atoms with Crippen LogP contribution in [0.25, 0.3) is 5.69 Å². The first kappa shape index (κ1) is 16.2. The quantitative estimate of drug-likeness (QED) is 0.829. The number of amides is 2. The highest BCUT2D eigenvalue weighted by Crippen LogP contribution is 2.25. The predicted molar refractivity (Wildman–Crippen MR) is 89.9 cm³/mol. The Morgan fingerprint density at radius 2 is 2.21 bits per heavy atom. The summed E-state index contributed by atoms with van der Waals surface area (Å²) in [6.45, 7) is 1.45. The lowest BCUT2D eigenvalue weighted by Gasteiger charge is -2.12. The molecule has 0 radical (unpaired) electrons. The van der Waals surface area contributed by atoms with Crippen molar-refractivity contribution in [2.45, 2.75) is 19.4 Å². The number of nitrogens with one attached hydrogen (secondary N) is 2. The van der Waals surface area contributed by atoms with E-state index in [-0.39, 0.29) is 28.9 Å². The summed E-state index contributed by atoms with van der Waals surface area (Å²) in [5.74, 6) is -0.627. The van der Waals surface area contributed by atoms with Gasteiger partial charge in [-0.15, -0.1) is 0 Å². The highest BCUT2D eigenvalue weighted by molar-refractivity contribution is 6.32. The monoisotopic (exact) mass is 345 g/mol. The third kappa shape index (κ3) is 3.62. The largest absolute Gasteiger partial charge is 0.350 e. The van der Waals surface area contributed by atoms with Crippen LogP contribution in [0.3, 0.4) is 0 Å². The van der Waals surface area contributed by atoms with E-state index < -0.39 is 0 Å². The van der Waals surface area contributed by atoms with Gasteiger partial charge in [-0.25, -0.2) is 4.68 Å². The van der Waals surface area contributed by atoms with Crippen LogP contribution in [0.2, 0.25) is 5.15 Å². The number of hydrogen-bond acceptors (Lipinski definition) is 4. The van der Waals surface area contributed by atoms with Gasteiger partial charge in [-0.3, -0.25) is 14.6 Å². The minimum absolute atomic E-state index is 0.119. The van der Waals surface area contributed by atoms with Gasteiger partial charge in [0.25, 0.3) is 0 Å². The molecule has 0 aliphatic heterocycles. The standard InChI is InChI=1S/C16H16ClN5O2/c1-10(23)19-12-5-4-11(7-12)16(24)20-14-9-22(21-15(14)17)13-3-2-6-18-8-13/h2-6,8-9,11-12H,7H2,1H3,(H,19,23)(H,20,24). The van der Waals surface area contributed by atoms with E-state index in [9.17, 15) is 9.59 Å². The van der Waals surface area contributed by atoms with Gasteiger partial charge in [0.05, 0.1) is 29.7 Å². The summed E-state index contributed by atoms with van der Waals surface area (Å²) in [4.78, 5) is 27.5. The number of rotatable bonds is 4. The van der Waals surface area contributed by atoms with Crippen LogP contribution in [-0.2, 0) is 9.59 Å². The summed E-state index contributed by atoms with van der Waals surface area (Å²) in [7, 11) is 0. The average molecular weight is 346 g/mol. The Labute approximate surface area is 143 Å². The van der Waals surface area contributed by atoms with Gasteiger partial charge < -0.3 is 10.6 Å². The third-order valence-electron chi connectivity index (χ3n) is 3.65. The number of pyridine rings is 1. The number of anilines is 1. The molecule has 2 atom stereocenters. The zero-order chi connectivity index (χ0) is 17.1. The average Bonchev–Trinajstić information content (AvgIpc) is 3.15. The zero-order valence-electron chi connectivity index (χ0n) is 12.9. The van der Waals surface area contributed by atoms with E-state index >= 15 is 0 Å². The second-order valence-corrected chi connectivity index (χ2v) is 5.87. The van der Waals surface area contributed by atoms with E-state index in [1.165, 1.54) is 6.92 Å². The number of carbonyl (C=O) groups is 2. The molecule has 2 N–H and O–H groups in total. The molecule has 0 aromatic carbocycles. The van der Waals surface area contributed by atoms with Crippen molar-refractivity contribution in [3.63, 3.8) is 0 Å². The molecular weight excluding hydrogens is 330 g/mol. The number of halogens is 1. The minimum Gasteiger partial charge on any atom is -0.350 e. The second kappa shape index (κ2) is 6.84. The third-order valence-corrected chi connectivity index (χ3v) is 3.93. The van der Waals surface area contributed by atoms with E-state index in [1.54, 1.807) is 35.4 Å². The van der Waals surface area contributed by atoms with Crippen LogP contribution in [0.1, 0.15) is 13.3 Å². The van der Waals surface area contributed by atoms with Crippen LogP contribution in [-0.4, -0.2) is 32.6 Å². The number of aromatic nitrogens is 3.